The van der Waals surface area contributed by atoms with E-state index in [1.807, 2.05) is 0 Å². The number of ether oxygens (including phenoxy) is 1. The Morgan fingerprint density at radius 1 is 0.487 bits per heavy atom. The lowest BCUT2D eigenvalue weighted by Crippen LogP contribution is -2.36. The van der Waals surface area contributed by atoms with E-state index in [4.69, 9.17) is 22.8 Å². The van der Waals surface area contributed by atoms with Gasteiger partial charge in [-0.15, -0.1) is 0 Å². The second-order valence-corrected chi connectivity index (χ2v) is 28.4. The largest absolute Gasteiger partial charge is 0.373 e. The van der Waals surface area contributed by atoms with Gasteiger partial charge in [-0.25, -0.2) is 0 Å². The van der Waals surface area contributed by atoms with Crippen molar-refractivity contribution in [3.05, 3.63) is 12.2 Å². The van der Waals surface area contributed by atoms with Crippen molar-refractivity contribution >= 4 is 45.3 Å². The van der Waals surface area contributed by atoms with Crippen molar-refractivity contribution in [1.82, 2.24) is 4.90 Å². The van der Waals surface area contributed by atoms with Gasteiger partial charge in [0.1, 0.15) is 11.9 Å². The molecule has 0 radical (unpaired) electrons. The van der Waals surface area contributed by atoms with E-state index in [-0.39, 0.29) is 30.3 Å². The molecule has 0 spiro atoms. The Labute approximate surface area is 492 Å². The Morgan fingerprint density at radius 3 is 1.20 bits per heavy atom. The van der Waals surface area contributed by atoms with Crippen molar-refractivity contribution in [3.8, 4) is 0 Å². The fourth-order valence-electron chi connectivity index (χ4n) is 12.2. The van der Waals surface area contributed by atoms with Gasteiger partial charge in [0.15, 0.2) is 0 Å². The van der Waals surface area contributed by atoms with E-state index in [1.165, 1.54) is 255 Å². The summed E-state index contributed by atoms with van der Waals surface area (Å²) in [7, 11) is -6.60. The van der Waals surface area contributed by atoms with Crippen molar-refractivity contribution in [2.24, 2.45) is 11.8 Å². The van der Waals surface area contributed by atoms with Gasteiger partial charge in [-0.3, -0.25) is 19.3 Å². The van der Waals surface area contributed by atoms with Crippen LogP contribution in [-0.2, 0) is 37.2 Å². The standard InChI is InChI=1S/C67H125NO10P2/c1-4-5-6-7-8-9-10-11-12-13-14-15-16-17-18-19-20-21-22-23-24-25-26-27-28-29-30-31-32-33-34-35-36-37-38-39-40-43-46-56-75-79(2,72)77-60-65-64(55-58-74-65)78-80(3,73)76-57-47-44-41-42-45-48-63(69)62-51-49-61(50-52-62)59-68-66(70)53-54-67(68)71/h53-54,61-62,64-65,72-73H,2-52,55-60H2,1H3. The zero-order chi connectivity index (χ0) is 57.5. The van der Waals surface area contributed by atoms with Crippen LogP contribution in [0, 0.1) is 11.8 Å². The molecular formula is C67H125NO10P2. The summed E-state index contributed by atoms with van der Waals surface area (Å²) in [5.41, 5.74) is 0. The smallest absolute Gasteiger partial charge is 0.253 e. The molecule has 1 saturated heterocycles. The summed E-state index contributed by atoms with van der Waals surface area (Å²) >= 11 is 0. The van der Waals surface area contributed by atoms with Crippen LogP contribution in [0.2, 0.25) is 0 Å². The average molecular weight is 1170 g/mol. The highest BCUT2D eigenvalue weighted by Crippen LogP contribution is 2.48. The Morgan fingerprint density at radius 2 is 0.825 bits per heavy atom. The summed E-state index contributed by atoms with van der Waals surface area (Å²) < 4.78 is 28.8. The van der Waals surface area contributed by atoms with Gasteiger partial charge in [-0.2, -0.15) is 0 Å². The average Bonchev–Trinajstić information content (AvgIpc) is 4.03. The number of Topliss-reactive ketones (excluding diaryl/α,β-unsaturated/α-hetero) is 1. The molecule has 1 aliphatic carbocycles. The third-order valence-corrected chi connectivity index (χ3v) is 19.8. The molecule has 2 fully saturated rings. The first kappa shape index (κ1) is 73.1. The lowest BCUT2D eigenvalue weighted by Gasteiger charge is -2.30. The van der Waals surface area contributed by atoms with Crippen LogP contribution < -0.4 is 0 Å². The Balaban J connectivity index is 0.983. The number of rotatable bonds is 58. The van der Waals surface area contributed by atoms with Gasteiger partial charge in [0.25, 0.3) is 11.8 Å². The van der Waals surface area contributed by atoms with Crippen LogP contribution in [0.25, 0.3) is 0 Å². The van der Waals surface area contributed by atoms with Crippen LogP contribution in [0.5, 0.6) is 0 Å². The molecule has 0 aromatic carbocycles. The van der Waals surface area contributed by atoms with E-state index >= 15 is 0 Å². The SMILES string of the molecule is C=P(O)(OCCCCCCCCCCCCCCCCCCCCCCCCCCCCCCCCCCCCCCCCC)OCC1OCCC1OP(=C)(O)OCCCCCCCC(=O)C1CCC(CN2C(=O)C=CC2=O)CC1. The molecule has 3 rings (SSSR count). The Hall–Kier alpha value is -1.13. The van der Waals surface area contributed by atoms with Gasteiger partial charge < -0.3 is 32.6 Å². The van der Waals surface area contributed by atoms with Crippen LogP contribution in [-0.4, -0.2) is 90.1 Å². The molecule has 0 bridgehead atoms. The van der Waals surface area contributed by atoms with Crippen LogP contribution in [0.3, 0.4) is 0 Å². The number of unbranched alkanes of at least 4 members (excludes halogenated alkanes) is 42. The highest BCUT2D eigenvalue weighted by Gasteiger charge is 2.35. The summed E-state index contributed by atoms with van der Waals surface area (Å²) in [5.74, 6) is 0.231. The first-order chi connectivity index (χ1) is 39.0. The van der Waals surface area contributed by atoms with Crippen LogP contribution >= 0.6 is 15.1 Å². The molecule has 2 amide bonds. The maximum atomic E-state index is 12.8. The quantitative estimate of drug-likeness (QED) is 0.0343. The summed E-state index contributed by atoms with van der Waals surface area (Å²) in [4.78, 5) is 59.5. The van der Waals surface area contributed by atoms with Crippen molar-refractivity contribution in [2.75, 3.05) is 33.0 Å². The molecule has 2 heterocycles. The minimum atomic E-state index is -3.33. The summed E-state index contributed by atoms with van der Waals surface area (Å²) in [5, 5.41) is 0. The molecule has 0 aromatic heterocycles. The zero-order valence-electron chi connectivity index (χ0n) is 51.8. The van der Waals surface area contributed by atoms with E-state index < -0.39 is 27.3 Å². The van der Waals surface area contributed by atoms with Gasteiger partial charge in [0.2, 0.25) is 15.1 Å². The van der Waals surface area contributed by atoms with Crippen molar-refractivity contribution < 1.29 is 47.0 Å². The molecule has 2 N–H and O–H groups in total. The molecule has 80 heavy (non-hydrogen) atoms. The lowest BCUT2D eigenvalue weighted by atomic mass is 9.79. The van der Waals surface area contributed by atoms with E-state index in [0.29, 0.717) is 45.0 Å². The van der Waals surface area contributed by atoms with Crippen LogP contribution in [0.15, 0.2) is 12.2 Å². The maximum Gasteiger partial charge on any atom is 0.253 e. The molecule has 0 aromatic rings. The summed E-state index contributed by atoms with van der Waals surface area (Å²) in [6.45, 7) is 3.98. The van der Waals surface area contributed by atoms with Crippen molar-refractivity contribution in [2.45, 2.75) is 340 Å². The number of carbonyl (C=O) groups excluding carboxylic acids is 3. The second kappa shape index (κ2) is 49.0. The minimum absolute atomic E-state index is 0.0446. The molecule has 4 unspecified atom stereocenters. The van der Waals surface area contributed by atoms with E-state index in [2.05, 4.69) is 19.5 Å². The predicted molar refractivity (Wildman–Crippen MR) is 339 cm³/mol. The normalized spacial score (nSPS) is 20.1. The highest BCUT2D eigenvalue weighted by molar-refractivity contribution is 7.58. The highest BCUT2D eigenvalue weighted by atomic mass is 31.2. The summed E-state index contributed by atoms with van der Waals surface area (Å²) in [6.07, 6.45) is 73.0. The van der Waals surface area contributed by atoms with Crippen LogP contribution in [0.1, 0.15) is 328 Å². The second-order valence-electron chi connectivity index (χ2n) is 24.8. The number of hydrogen-bond donors (Lipinski definition) is 2. The zero-order valence-corrected chi connectivity index (χ0v) is 53.6. The topological polar surface area (TPSA) is 141 Å². The maximum absolute atomic E-state index is 12.8. The third kappa shape index (κ3) is 39.5. The van der Waals surface area contributed by atoms with Gasteiger partial charge in [0.05, 0.1) is 25.9 Å². The first-order valence-corrected chi connectivity index (χ1v) is 37.7. The van der Waals surface area contributed by atoms with Crippen LogP contribution in [0.4, 0.5) is 0 Å². The fourth-order valence-corrected chi connectivity index (χ4v) is 14.2. The van der Waals surface area contributed by atoms with E-state index in [1.54, 1.807) is 0 Å². The molecular weight excluding hydrogens is 1040 g/mol. The minimum Gasteiger partial charge on any atom is -0.373 e. The van der Waals surface area contributed by atoms with Gasteiger partial charge in [0, 0.05) is 44.1 Å². The van der Waals surface area contributed by atoms with Crippen molar-refractivity contribution in [1.29, 1.82) is 0 Å². The van der Waals surface area contributed by atoms with Crippen molar-refractivity contribution in [3.63, 3.8) is 0 Å². The van der Waals surface area contributed by atoms with E-state index in [0.717, 1.165) is 70.6 Å². The van der Waals surface area contributed by atoms with Gasteiger partial charge in [-0.1, -0.05) is 270 Å². The van der Waals surface area contributed by atoms with E-state index in [9.17, 15) is 24.2 Å². The third-order valence-electron chi connectivity index (χ3n) is 17.4. The fraction of sp³-hybridized carbons (Fsp3) is 0.896. The molecule has 1 saturated carbocycles. The monoisotopic (exact) mass is 1170 g/mol. The molecule has 468 valence electrons. The predicted octanol–water partition coefficient (Wildman–Crippen LogP) is 19.5. The number of ketones is 1. The molecule has 13 heteroatoms. The number of hydrogen-bond acceptors (Lipinski definition) is 10. The lowest BCUT2D eigenvalue weighted by molar-refractivity contribution is -0.138. The summed E-state index contributed by atoms with van der Waals surface area (Å²) in [6, 6.07) is 0. The Bertz CT molecular complexity index is 1630. The molecule has 4 atom stereocenters. The Kier molecular flexibility index (Phi) is 44.8. The molecule has 2 aliphatic heterocycles. The molecule has 3 aliphatic rings. The number of carbonyl (C=O) groups is 3. The first-order valence-electron chi connectivity index (χ1n) is 34.2. The van der Waals surface area contributed by atoms with Gasteiger partial charge >= 0.3 is 0 Å². The van der Waals surface area contributed by atoms with Gasteiger partial charge in [-0.05, 0) is 63.5 Å². The molecule has 11 nitrogen and oxygen atoms in total. The number of imide groups is 1. The number of nitrogens with zero attached hydrogens (tertiary/aromatic N) is 1. The number of amides is 2.